The second kappa shape index (κ2) is 7.10. The molecule has 0 fully saturated rings. The number of carbonyl (C=O) groups is 1. The number of carbonyl (C=O) groups excluding carboxylic acids is 1. The summed E-state index contributed by atoms with van der Waals surface area (Å²) in [5.41, 5.74) is 2.15. The van der Waals surface area contributed by atoms with E-state index in [-0.39, 0.29) is 11.2 Å². The van der Waals surface area contributed by atoms with Crippen LogP contribution in [-0.2, 0) is 11.8 Å². The van der Waals surface area contributed by atoms with Crippen molar-refractivity contribution in [2.24, 2.45) is 7.05 Å². The first kappa shape index (κ1) is 16.6. The Morgan fingerprint density at radius 2 is 2.08 bits per heavy atom. The van der Waals surface area contributed by atoms with E-state index >= 15 is 0 Å². The minimum absolute atomic E-state index is 0.143. The molecule has 124 valence electrons. The van der Waals surface area contributed by atoms with Crippen LogP contribution in [0.2, 0.25) is 0 Å². The number of thioether (sulfide) groups is 1. The average Bonchev–Trinajstić information content (AvgIpc) is 3.17. The van der Waals surface area contributed by atoms with Crippen molar-refractivity contribution in [3.63, 3.8) is 0 Å². The van der Waals surface area contributed by atoms with E-state index < -0.39 is 0 Å². The summed E-state index contributed by atoms with van der Waals surface area (Å²) in [6.45, 7) is 3.84. The Balaban J connectivity index is 1.67. The predicted octanol–water partition coefficient (Wildman–Crippen LogP) is 2.76. The van der Waals surface area contributed by atoms with Crippen molar-refractivity contribution in [1.82, 2.24) is 25.0 Å². The van der Waals surface area contributed by atoms with E-state index in [1.165, 1.54) is 23.1 Å². The molecule has 1 N–H and O–H groups in total. The molecule has 1 amide bonds. The zero-order chi connectivity index (χ0) is 17.1. The molecule has 2 aromatic heterocycles. The molecule has 3 aromatic rings. The average molecular weight is 360 g/mol. The standard InChI is InChI=1S/C15H16N6OS2/c1-9-6-4-5-7-11(9)13-18-19-14(24-13)17-12(22)10(2)23-15-20-16-8-21(15)3/h4-8,10H,1-3H3,(H,17,19,22)/t10-/m1/s1. The monoisotopic (exact) mass is 360 g/mol. The van der Waals surface area contributed by atoms with Crippen LogP contribution in [0.15, 0.2) is 35.7 Å². The maximum atomic E-state index is 12.3. The lowest BCUT2D eigenvalue weighted by Gasteiger charge is -2.08. The molecule has 2 heterocycles. The highest BCUT2D eigenvalue weighted by atomic mass is 32.2. The second-order valence-corrected chi connectivity index (χ2v) is 7.49. The first-order chi connectivity index (χ1) is 11.5. The van der Waals surface area contributed by atoms with Crippen LogP contribution in [-0.4, -0.2) is 36.1 Å². The lowest BCUT2D eigenvalue weighted by molar-refractivity contribution is -0.115. The molecule has 9 heteroatoms. The molecule has 3 rings (SSSR count). The maximum Gasteiger partial charge on any atom is 0.239 e. The predicted molar refractivity (Wildman–Crippen MR) is 95.0 cm³/mol. The summed E-state index contributed by atoms with van der Waals surface area (Å²) in [4.78, 5) is 12.3. The van der Waals surface area contributed by atoms with Gasteiger partial charge in [0.1, 0.15) is 11.3 Å². The number of benzene rings is 1. The smallest absolute Gasteiger partial charge is 0.239 e. The van der Waals surface area contributed by atoms with Crippen molar-refractivity contribution in [3.8, 4) is 10.6 Å². The van der Waals surface area contributed by atoms with Crippen LogP contribution in [0.1, 0.15) is 12.5 Å². The molecule has 7 nitrogen and oxygen atoms in total. The van der Waals surface area contributed by atoms with Crippen molar-refractivity contribution in [2.45, 2.75) is 24.3 Å². The Morgan fingerprint density at radius 3 is 2.79 bits per heavy atom. The highest BCUT2D eigenvalue weighted by Gasteiger charge is 2.19. The first-order valence-corrected chi connectivity index (χ1v) is 8.95. The number of anilines is 1. The number of rotatable bonds is 5. The summed E-state index contributed by atoms with van der Waals surface area (Å²) in [7, 11) is 1.84. The van der Waals surface area contributed by atoms with Gasteiger partial charge in [0.25, 0.3) is 0 Å². The molecule has 0 saturated carbocycles. The van der Waals surface area contributed by atoms with Gasteiger partial charge in [-0.1, -0.05) is 47.4 Å². The largest absolute Gasteiger partial charge is 0.312 e. The fourth-order valence-electron chi connectivity index (χ4n) is 1.99. The number of hydrogen-bond acceptors (Lipinski definition) is 7. The molecule has 0 unspecified atom stereocenters. The fraction of sp³-hybridized carbons (Fsp3) is 0.267. The van der Waals surface area contributed by atoms with Gasteiger partial charge in [-0.2, -0.15) is 0 Å². The van der Waals surface area contributed by atoms with E-state index in [1.54, 1.807) is 10.9 Å². The molecular weight excluding hydrogens is 344 g/mol. The Labute approximate surface area is 147 Å². The van der Waals surface area contributed by atoms with Gasteiger partial charge < -0.3 is 4.57 Å². The highest BCUT2D eigenvalue weighted by Crippen LogP contribution is 2.29. The Kier molecular flexibility index (Phi) is 4.91. The molecular formula is C15H16N6OS2. The molecule has 1 atom stereocenters. The summed E-state index contributed by atoms with van der Waals surface area (Å²) in [6, 6.07) is 7.96. The highest BCUT2D eigenvalue weighted by molar-refractivity contribution is 8.00. The van der Waals surface area contributed by atoms with Gasteiger partial charge in [0.15, 0.2) is 5.16 Å². The van der Waals surface area contributed by atoms with Crippen molar-refractivity contribution in [1.29, 1.82) is 0 Å². The topological polar surface area (TPSA) is 85.6 Å². The Morgan fingerprint density at radius 1 is 1.29 bits per heavy atom. The van der Waals surface area contributed by atoms with E-state index in [4.69, 9.17) is 0 Å². The van der Waals surface area contributed by atoms with E-state index in [0.29, 0.717) is 10.3 Å². The van der Waals surface area contributed by atoms with Gasteiger partial charge in [0.05, 0.1) is 5.25 Å². The van der Waals surface area contributed by atoms with Crippen molar-refractivity contribution in [3.05, 3.63) is 36.2 Å². The Hall–Kier alpha value is -2.26. The number of aromatic nitrogens is 5. The quantitative estimate of drug-likeness (QED) is 0.704. The van der Waals surface area contributed by atoms with Crippen LogP contribution >= 0.6 is 23.1 Å². The first-order valence-electron chi connectivity index (χ1n) is 7.25. The summed E-state index contributed by atoms with van der Waals surface area (Å²) >= 11 is 2.70. The van der Waals surface area contributed by atoms with Gasteiger partial charge in [0.2, 0.25) is 11.0 Å². The zero-order valence-corrected chi connectivity index (χ0v) is 15.1. The number of aryl methyl sites for hydroxylation is 2. The lowest BCUT2D eigenvalue weighted by Crippen LogP contribution is -2.22. The third-order valence-corrected chi connectivity index (χ3v) is 5.37. The fourth-order valence-corrected chi connectivity index (χ4v) is 3.62. The molecule has 24 heavy (non-hydrogen) atoms. The van der Waals surface area contributed by atoms with E-state index in [9.17, 15) is 4.79 Å². The molecule has 0 aliphatic rings. The maximum absolute atomic E-state index is 12.3. The number of hydrogen-bond donors (Lipinski definition) is 1. The van der Waals surface area contributed by atoms with Crippen molar-refractivity contribution >= 4 is 34.1 Å². The summed E-state index contributed by atoms with van der Waals surface area (Å²) in [5, 5.41) is 20.5. The van der Waals surface area contributed by atoms with Crippen LogP contribution < -0.4 is 5.32 Å². The van der Waals surface area contributed by atoms with Crippen LogP contribution in [0.5, 0.6) is 0 Å². The zero-order valence-electron chi connectivity index (χ0n) is 13.4. The molecule has 0 aliphatic heterocycles. The molecule has 0 spiro atoms. The van der Waals surface area contributed by atoms with Gasteiger partial charge >= 0.3 is 0 Å². The Bertz CT molecular complexity index is 859. The van der Waals surface area contributed by atoms with Crippen molar-refractivity contribution in [2.75, 3.05) is 5.32 Å². The summed E-state index contributed by atoms with van der Waals surface area (Å²) < 4.78 is 1.77. The molecule has 0 bridgehead atoms. The number of nitrogens with one attached hydrogen (secondary N) is 1. The van der Waals surface area contributed by atoms with Crippen LogP contribution in [0, 0.1) is 6.92 Å². The van der Waals surface area contributed by atoms with E-state index in [2.05, 4.69) is 25.7 Å². The normalized spacial score (nSPS) is 12.1. The van der Waals surface area contributed by atoms with Crippen molar-refractivity contribution < 1.29 is 4.79 Å². The van der Waals surface area contributed by atoms with Crippen LogP contribution in [0.25, 0.3) is 10.6 Å². The SMILES string of the molecule is Cc1ccccc1-c1nnc(NC(=O)[C@@H](C)Sc2nncn2C)s1. The van der Waals surface area contributed by atoms with Gasteiger partial charge in [-0.25, -0.2) is 0 Å². The van der Waals surface area contributed by atoms with E-state index in [0.717, 1.165) is 16.1 Å². The number of nitrogens with zero attached hydrogens (tertiary/aromatic N) is 5. The third-order valence-electron chi connectivity index (χ3n) is 3.35. The lowest BCUT2D eigenvalue weighted by atomic mass is 10.1. The van der Waals surface area contributed by atoms with Crippen LogP contribution in [0.3, 0.4) is 0 Å². The summed E-state index contributed by atoms with van der Waals surface area (Å²) in [6.07, 6.45) is 1.60. The molecule has 1 aromatic carbocycles. The van der Waals surface area contributed by atoms with Gasteiger partial charge in [-0.3, -0.25) is 10.1 Å². The van der Waals surface area contributed by atoms with Crippen LogP contribution in [0.4, 0.5) is 5.13 Å². The molecule has 0 radical (unpaired) electrons. The third kappa shape index (κ3) is 3.62. The van der Waals surface area contributed by atoms with Gasteiger partial charge in [-0.15, -0.1) is 20.4 Å². The second-order valence-electron chi connectivity index (χ2n) is 5.20. The summed E-state index contributed by atoms with van der Waals surface area (Å²) in [5.74, 6) is -0.143. The number of amides is 1. The minimum atomic E-state index is -0.321. The minimum Gasteiger partial charge on any atom is -0.312 e. The van der Waals surface area contributed by atoms with Gasteiger partial charge in [0, 0.05) is 12.6 Å². The van der Waals surface area contributed by atoms with Gasteiger partial charge in [-0.05, 0) is 19.4 Å². The molecule has 0 saturated heterocycles. The molecule has 0 aliphatic carbocycles. The van der Waals surface area contributed by atoms with E-state index in [1.807, 2.05) is 45.2 Å².